The third-order valence-electron chi connectivity index (χ3n) is 3.57. The predicted octanol–water partition coefficient (Wildman–Crippen LogP) is 3.38. The van der Waals surface area contributed by atoms with Crippen LogP contribution in [-0.4, -0.2) is 15.5 Å². The average molecular weight is 332 g/mol. The highest BCUT2D eigenvalue weighted by molar-refractivity contribution is 6.30. The number of rotatable bonds is 3. The van der Waals surface area contributed by atoms with E-state index in [1.54, 1.807) is 30.3 Å². The maximum atomic E-state index is 14.0. The van der Waals surface area contributed by atoms with Gasteiger partial charge < -0.3 is 5.11 Å². The molecule has 2 aromatic heterocycles. The number of hydrogen-bond acceptors (Lipinski definition) is 2. The van der Waals surface area contributed by atoms with E-state index in [-0.39, 0.29) is 17.0 Å². The molecule has 0 aliphatic rings. The SMILES string of the molecule is O=C(O)c1ccc2ccc(Cc3cccc(Cl)c3F)cn2c1=O. The second kappa shape index (κ2) is 5.85. The Morgan fingerprint density at radius 3 is 2.65 bits per heavy atom. The lowest BCUT2D eigenvalue weighted by Gasteiger charge is -2.08. The minimum atomic E-state index is -1.28. The molecule has 0 radical (unpaired) electrons. The topological polar surface area (TPSA) is 58.8 Å². The molecule has 0 saturated heterocycles. The normalized spacial score (nSPS) is 10.9. The number of pyridine rings is 2. The summed E-state index contributed by atoms with van der Waals surface area (Å²) in [5.41, 5.74) is 0.704. The smallest absolute Gasteiger partial charge is 0.341 e. The van der Waals surface area contributed by atoms with Gasteiger partial charge in [0.05, 0.1) is 5.02 Å². The summed E-state index contributed by atoms with van der Waals surface area (Å²) in [5.74, 6) is -1.78. The first kappa shape index (κ1) is 15.2. The second-order valence-electron chi connectivity index (χ2n) is 5.08. The molecule has 3 aromatic rings. The number of halogens is 2. The molecule has 3 rings (SSSR count). The molecule has 1 N–H and O–H groups in total. The molecule has 0 unspecified atom stereocenters. The first-order chi connectivity index (χ1) is 11.0. The highest BCUT2D eigenvalue weighted by Gasteiger charge is 2.12. The van der Waals surface area contributed by atoms with Crippen LogP contribution in [0.15, 0.2) is 53.5 Å². The van der Waals surface area contributed by atoms with Crippen molar-refractivity contribution in [1.82, 2.24) is 4.40 Å². The number of aromatic carboxylic acids is 1. The van der Waals surface area contributed by atoms with Gasteiger partial charge in [0.25, 0.3) is 5.56 Å². The summed E-state index contributed by atoms with van der Waals surface area (Å²) in [7, 11) is 0. The Bertz CT molecular complexity index is 981. The van der Waals surface area contributed by atoms with Gasteiger partial charge in [0.1, 0.15) is 11.4 Å². The summed E-state index contributed by atoms with van der Waals surface area (Å²) >= 11 is 5.76. The third-order valence-corrected chi connectivity index (χ3v) is 3.86. The van der Waals surface area contributed by atoms with Crippen molar-refractivity contribution >= 4 is 23.1 Å². The summed E-state index contributed by atoms with van der Waals surface area (Å²) in [5, 5.41) is 9.05. The van der Waals surface area contributed by atoms with Crippen LogP contribution in [0.5, 0.6) is 0 Å². The maximum Gasteiger partial charge on any atom is 0.341 e. The molecule has 2 heterocycles. The summed E-state index contributed by atoms with van der Waals surface area (Å²) in [4.78, 5) is 23.2. The number of fused-ring (bicyclic) bond motifs is 1. The molecule has 0 saturated carbocycles. The van der Waals surface area contributed by atoms with E-state index < -0.39 is 17.3 Å². The predicted molar refractivity (Wildman–Crippen MR) is 84.8 cm³/mol. The summed E-state index contributed by atoms with van der Waals surface area (Å²) in [6, 6.07) is 11.0. The van der Waals surface area contributed by atoms with Crippen LogP contribution < -0.4 is 5.56 Å². The molecule has 0 atom stereocenters. The van der Waals surface area contributed by atoms with Gasteiger partial charge in [-0.15, -0.1) is 0 Å². The van der Waals surface area contributed by atoms with Gasteiger partial charge in [0.2, 0.25) is 0 Å². The fraction of sp³-hybridized carbons (Fsp3) is 0.0588. The van der Waals surface area contributed by atoms with E-state index in [9.17, 15) is 14.0 Å². The first-order valence-electron chi connectivity index (χ1n) is 6.78. The molecular formula is C17H11ClFNO3. The zero-order valence-electron chi connectivity index (χ0n) is 11.8. The van der Waals surface area contributed by atoms with E-state index in [4.69, 9.17) is 16.7 Å². The van der Waals surface area contributed by atoms with Crippen molar-refractivity contribution in [2.75, 3.05) is 0 Å². The Morgan fingerprint density at radius 2 is 1.91 bits per heavy atom. The molecule has 116 valence electrons. The highest BCUT2D eigenvalue weighted by Crippen LogP contribution is 2.20. The van der Waals surface area contributed by atoms with Gasteiger partial charge in [-0.3, -0.25) is 9.20 Å². The van der Waals surface area contributed by atoms with Gasteiger partial charge >= 0.3 is 5.97 Å². The molecule has 0 fully saturated rings. The van der Waals surface area contributed by atoms with Crippen molar-refractivity contribution in [1.29, 1.82) is 0 Å². The molecule has 1 aromatic carbocycles. The van der Waals surface area contributed by atoms with E-state index in [1.165, 1.54) is 22.7 Å². The molecule has 0 spiro atoms. The fourth-order valence-corrected chi connectivity index (χ4v) is 2.60. The monoisotopic (exact) mass is 331 g/mol. The fourth-order valence-electron chi connectivity index (χ4n) is 2.41. The minimum absolute atomic E-state index is 0.0358. The Hall–Kier alpha value is -2.66. The number of nitrogens with zero attached hydrogens (tertiary/aromatic N) is 1. The van der Waals surface area contributed by atoms with Crippen molar-refractivity contribution in [2.24, 2.45) is 0 Å². The van der Waals surface area contributed by atoms with Crippen molar-refractivity contribution in [2.45, 2.75) is 6.42 Å². The number of benzene rings is 1. The molecule has 0 aliphatic carbocycles. The van der Waals surface area contributed by atoms with Crippen LogP contribution in [0.2, 0.25) is 5.02 Å². The van der Waals surface area contributed by atoms with Crippen molar-refractivity contribution in [3.63, 3.8) is 0 Å². The Morgan fingerprint density at radius 1 is 1.17 bits per heavy atom. The first-order valence-corrected chi connectivity index (χ1v) is 7.15. The minimum Gasteiger partial charge on any atom is -0.477 e. The number of hydrogen-bond donors (Lipinski definition) is 1. The molecule has 6 heteroatoms. The second-order valence-corrected chi connectivity index (χ2v) is 5.49. The summed E-state index contributed by atoms with van der Waals surface area (Å²) in [6.45, 7) is 0. The van der Waals surface area contributed by atoms with E-state index in [2.05, 4.69) is 0 Å². The van der Waals surface area contributed by atoms with E-state index >= 15 is 0 Å². The lowest BCUT2D eigenvalue weighted by atomic mass is 10.1. The number of aromatic nitrogens is 1. The van der Waals surface area contributed by atoms with E-state index in [0.717, 1.165) is 0 Å². The number of carboxylic acid groups (broad SMARTS) is 1. The Balaban J connectivity index is 2.09. The average Bonchev–Trinajstić information content (AvgIpc) is 2.52. The summed E-state index contributed by atoms with van der Waals surface area (Å²) in [6.07, 6.45) is 1.76. The Labute approximate surface area is 135 Å². The lowest BCUT2D eigenvalue weighted by Crippen LogP contribution is -2.21. The van der Waals surface area contributed by atoms with Gasteiger partial charge in [-0.2, -0.15) is 0 Å². The third kappa shape index (κ3) is 2.83. The van der Waals surface area contributed by atoms with E-state index in [1.807, 2.05) is 0 Å². The molecule has 0 aliphatic heterocycles. The van der Waals surface area contributed by atoms with Crippen LogP contribution in [0.3, 0.4) is 0 Å². The molecular weight excluding hydrogens is 321 g/mol. The van der Waals surface area contributed by atoms with Gasteiger partial charge in [-0.25, -0.2) is 9.18 Å². The van der Waals surface area contributed by atoms with Crippen LogP contribution in [0.4, 0.5) is 4.39 Å². The van der Waals surface area contributed by atoms with Crippen molar-refractivity contribution in [3.05, 3.63) is 86.5 Å². The van der Waals surface area contributed by atoms with Crippen LogP contribution in [0, 0.1) is 5.82 Å². The van der Waals surface area contributed by atoms with E-state index in [0.29, 0.717) is 16.6 Å². The summed E-state index contributed by atoms with van der Waals surface area (Å²) < 4.78 is 15.2. The zero-order valence-corrected chi connectivity index (χ0v) is 12.5. The highest BCUT2D eigenvalue weighted by atomic mass is 35.5. The van der Waals surface area contributed by atoms with Crippen LogP contribution in [0.1, 0.15) is 21.5 Å². The standard InChI is InChI=1S/C17H11ClFNO3/c18-14-3-1-2-11(15(14)19)8-10-4-5-12-6-7-13(17(22)23)16(21)20(12)9-10/h1-7,9H,8H2,(H,22,23). The molecule has 0 bridgehead atoms. The van der Waals surface area contributed by atoms with Crippen LogP contribution >= 0.6 is 11.6 Å². The van der Waals surface area contributed by atoms with Crippen LogP contribution in [0.25, 0.3) is 5.52 Å². The maximum absolute atomic E-state index is 14.0. The largest absolute Gasteiger partial charge is 0.477 e. The van der Waals surface area contributed by atoms with Crippen molar-refractivity contribution in [3.8, 4) is 0 Å². The molecule has 0 amide bonds. The Kier molecular flexibility index (Phi) is 3.88. The van der Waals surface area contributed by atoms with Gasteiger partial charge in [-0.1, -0.05) is 29.8 Å². The number of carboxylic acids is 1. The van der Waals surface area contributed by atoms with Crippen molar-refractivity contribution < 1.29 is 14.3 Å². The molecule has 23 heavy (non-hydrogen) atoms. The van der Waals surface area contributed by atoms with Gasteiger partial charge in [-0.05, 0) is 35.4 Å². The molecule has 4 nitrogen and oxygen atoms in total. The van der Waals surface area contributed by atoms with Gasteiger partial charge in [0.15, 0.2) is 0 Å². The number of carbonyl (C=O) groups is 1. The lowest BCUT2D eigenvalue weighted by molar-refractivity contribution is 0.0695. The quantitative estimate of drug-likeness (QED) is 0.800. The van der Waals surface area contributed by atoms with Gasteiger partial charge in [0, 0.05) is 18.1 Å². The van der Waals surface area contributed by atoms with Crippen LogP contribution in [-0.2, 0) is 6.42 Å². The zero-order chi connectivity index (χ0) is 16.6.